The molecule has 0 heterocycles. The fourth-order valence-electron chi connectivity index (χ4n) is 2.45. The van der Waals surface area contributed by atoms with E-state index >= 15 is 0 Å². The Morgan fingerprint density at radius 1 is 1.13 bits per heavy atom. The molecule has 4 heteroatoms. The summed E-state index contributed by atoms with van der Waals surface area (Å²) in [6, 6.07) is 16.8. The summed E-state index contributed by atoms with van der Waals surface area (Å²) < 4.78 is 5.24. The summed E-state index contributed by atoms with van der Waals surface area (Å²) in [7, 11) is 1.56. The first kappa shape index (κ1) is 17.0. The lowest BCUT2D eigenvalue weighted by Gasteiger charge is -2.25. The molecular weight excluding hydrogens is 290 g/mol. The van der Waals surface area contributed by atoms with Crippen LogP contribution in [0.15, 0.2) is 54.6 Å². The van der Waals surface area contributed by atoms with Crippen molar-refractivity contribution in [3.63, 3.8) is 0 Å². The highest BCUT2D eigenvalue weighted by molar-refractivity contribution is 5.87. The predicted molar refractivity (Wildman–Crippen MR) is 90.4 cm³/mol. The molecule has 23 heavy (non-hydrogen) atoms. The Kier molecular flexibility index (Phi) is 5.40. The van der Waals surface area contributed by atoms with E-state index in [1.807, 2.05) is 56.3 Å². The quantitative estimate of drug-likeness (QED) is 0.862. The molecule has 0 aromatic heterocycles. The van der Waals surface area contributed by atoms with Crippen LogP contribution in [0.5, 0.6) is 5.75 Å². The molecule has 0 aliphatic heterocycles. The predicted octanol–water partition coefficient (Wildman–Crippen LogP) is 2.82. The van der Waals surface area contributed by atoms with Crippen LogP contribution in [-0.2, 0) is 10.2 Å². The van der Waals surface area contributed by atoms with Crippen LogP contribution in [0.3, 0.4) is 0 Å². The van der Waals surface area contributed by atoms with Gasteiger partial charge in [-0.05, 0) is 25.5 Å². The fraction of sp³-hybridized carbons (Fsp3) is 0.316. The Balaban J connectivity index is 2.04. The topological polar surface area (TPSA) is 58.6 Å². The molecule has 0 bridgehead atoms. The first-order valence-corrected chi connectivity index (χ1v) is 7.61. The average Bonchev–Trinajstić information content (AvgIpc) is 2.59. The second-order valence-corrected chi connectivity index (χ2v) is 5.96. The number of nitrogens with one attached hydrogen (secondary N) is 1. The molecular formula is C19H23NO3. The summed E-state index contributed by atoms with van der Waals surface area (Å²) in [5, 5.41) is 13.1. The van der Waals surface area contributed by atoms with Gasteiger partial charge in [-0.2, -0.15) is 0 Å². The summed E-state index contributed by atoms with van der Waals surface area (Å²) in [4.78, 5) is 12.5. The van der Waals surface area contributed by atoms with Crippen LogP contribution in [-0.4, -0.2) is 24.7 Å². The highest BCUT2D eigenvalue weighted by Crippen LogP contribution is 2.26. The third-order valence-corrected chi connectivity index (χ3v) is 4.02. The van der Waals surface area contributed by atoms with Crippen molar-refractivity contribution in [3.8, 4) is 5.75 Å². The number of aliphatic hydroxyl groups excluding tert-OH is 1. The molecule has 2 rings (SSSR count). The maximum atomic E-state index is 12.5. The summed E-state index contributed by atoms with van der Waals surface area (Å²) in [6.07, 6.45) is -0.818. The van der Waals surface area contributed by atoms with E-state index in [4.69, 9.17) is 4.74 Å². The molecule has 2 aromatic rings. The van der Waals surface area contributed by atoms with Crippen LogP contribution in [0.2, 0.25) is 0 Å². The van der Waals surface area contributed by atoms with Crippen LogP contribution in [0.1, 0.15) is 31.1 Å². The molecule has 0 unspecified atom stereocenters. The molecule has 0 aliphatic carbocycles. The van der Waals surface area contributed by atoms with Gasteiger partial charge in [0.25, 0.3) is 0 Å². The van der Waals surface area contributed by atoms with E-state index in [0.29, 0.717) is 11.3 Å². The lowest BCUT2D eigenvalue weighted by atomic mass is 9.83. The molecule has 0 radical (unpaired) electrons. The van der Waals surface area contributed by atoms with Gasteiger partial charge in [0, 0.05) is 12.1 Å². The number of rotatable bonds is 6. The van der Waals surface area contributed by atoms with Crippen molar-refractivity contribution >= 4 is 5.91 Å². The van der Waals surface area contributed by atoms with Gasteiger partial charge < -0.3 is 15.2 Å². The zero-order valence-corrected chi connectivity index (χ0v) is 13.7. The number of hydrogen-bond acceptors (Lipinski definition) is 3. The molecule has 1 atom stereocenters. The summed E-state index contributed by atoms with van der Waals surface area (Å²) in [5.74, 6) is 0.481. The van der Waals surface area contributed by atoms with Crippen molar-refractivity contribution in [1.82, 2.24) is 5.32 Å². The van der Waals surface area contributed by atoms with Crippen LogP contribution < -0.4 is 10.1 Å². The minimum absolute atomic E-state index is 0.127. The maximum absolute atomic E-state index is 12.5. The van der Waals surface area contributed by atoms with Crippen LogP contribution in [0, 0.1) is 0 Å². The van der Waals surface area contributed by atoms with Crippen LogP contribution in [0.25, 0.3) is 0 Å². The van der Waals surface area contributed by atoms with Crippen molar-refractivity contribution in [2.24, 2.45) is 0 Å². The molecule has 2 N–H and O–H groups in total. The van der Waals surface area contributed by atoms with Crippen LogP contribution >= 0.6 is 0 Å². The first-order valence-electron chi connectivity index (χ1n) is 7.61. The molecule has 0 saturated heterocycles. The lowest BCUT2D eigenvalue weighted by Crippen LogP contribution is -2.41. The van der Waals surface area contributed by atoms with Gasteiger partial charge in [-0.15, -0.1) is 0 Å². The standard InChI is InChI=1S/C19H23NO3/c1-19(2,14-9-5-4-6-10-14)18(22)20-13-16(21)15-11-7-8-12-17(15)23-3/h4-12,16,21H,13H2,1-3H3,(H,20,22)/t16-/m0/s1. The van der Waals surface area contributed by atoms with Crippen LogP contribution in [0.4, 0.5) is 0 Å². The molecule has 0 spiro atoms. The van der Waals surface area contributed by atoms with Gasteiger partial charge in [0.2, 0.25) is 5.91 Å². The van der Waals surface area contributed by atoms with Gasteiger partial charge in [-0.3, -0.25) is 4.79 Å². The summed E-state index contributed by atoms with van der Waals surface area (Å²) in [6.45, 7) is 3.87. The Morgan fingerprint density at radius 2 is 1.74 bits per heavy atom. The molecule has 0 fully saturated rings. The van der Waals surface area contributed by atoms with Gasteiger partial charge in [0.15, 0.2) is 0 Å². The van der Waals surface area contributed by atoms with E-state index in [0.717, 1.165) is 5.56 Å². The van der Waals surface area contributed by atoms with E-state index in [1.54, 1.807) is 19.2 Å². The molecule has 1 amide bonds. The Hall–Kier alpha value is -2.33. The Labute approximate surface area is 137 Å². The number of ether oxygens (including phenoxy) is 1. The molecule has 122 valence electrons. The van der Waals surface area contributed by atoms with E-state index in [2.05, 4.69) is 5.32 Å². The van der Waals surface area contributed by atoms with E-state index in [-0.39, 0.29) is 12.5 Å². The second-order valence-electron chi connectivity index (χ2n) is 5.96. The van der Waals surface area contributed by atoms with E-state index in [1.165, 1.54) is 0 Å². The van der Waals surface area contributed by atoms with Crippen molar-refractivity contribution in [3.05, 3.63) is 65.7 Å². The fourth-order valence-corrected chi connectivity index (χ4v) is 2.45. The Morgan fingerprint density at radius 3 is 2.39 bits per heavy atom. The maximum Gasteiger partial charge on any atom is 0.230 e. The van der Waals surface area contributed by atoms with Gasteiger partial charge in [-0.1, -0.05) is 48.5 Å². The number of benzene rings is 2. The monoisotopic (exact) mass is 313 g/mol. The van der Waals surface area contributed by atoms with Gasteiger partial charge in [-0.25, -0.2) is 0 Å². The molecule has 4 nitrogen and oxygen atoms in total. The third-order valence-electron chi connectivity index (χ3n) is 4.02. The zero-order valence-electron chi connectivity index (χ0n) is 13.7. The minimum Gasteiger partial charge on any atom is -0.496 e. The van der Waals surface area contributed by atoms with Gasteiger partial charge in [0.05, 0.1) is 18.6 Å². The SMILES string of the molecule is COc1ccccc1[C@@H](O)CNC(=O)C(C)(C)c1ccccc1. The zero-order chi connectivity index (χ0) is 16.9. The molecule has 2 aromatic carbocycles. The number of hydrogen-bond donors (Lipinski definition) is 2. The average molecular weight is 313 g/mol. The van der Waals surface area contributed by atoms with E-state index in [9.17, 15) is 9.90 Å². The number of aliphatic hydroxyl groups is 1. The molecule has 0 saturated carbocycles. The largest absolute Gasteiger partial charge is 0.496 e. The highest BCUT2D eigenvalue weighted by Gasteiger charge is 2.29. The molecule has 0 aliphatic rings. The van der Waals surface area contributed by atoms with Gasteiger partial charge in [0.1, 0.15) is 5.75 Å². The second kappa shape index (κ2) is 7.29. The third kappa shape index (κ3) is 3.90. The van der Waals surface area contributed by atoms with Crippen molar-refractivity contribution in [2.45, 2.75) is 25.4 Å². The highest BCUT2D eigenvalue weighted by atomic mass is 16.5. The van der Waals surface area contributed by atoms with Crippen molar-refractivity contribution in [2.75, 3.05) is 13.7 Å². The van der Waals surface area contributed by atoms with Gasteiger partial charge >= 0.3 is 0 Å². The number of amides is 1. The summed E-state index contributed by atoms with van der Waals surface area (Å²) >= 11 is 0. The van der Waals surface area contributed by atoms with Crippen molar-refractivity contribution in [1.29, 1.82) is 0 Å². The lowest BCUT2D eigenvalue weighted by molar-refractivity contribution is -0.126. The Bertz CT molecular complexity index is 653. The normalized spacial score (nSPS) is 12.5. The number of para-hydroxylation sites is 1. The number of methoxy groups -OCH3 is 1. The van der Waals surface area contributed by atoms with E-state index < -0.39 is 11.5 Å². The number of carbonyl (C=O) groups excluding carboxylic acids is 1. The van der Waals surface area contributed by atoms with Crippen molar-refractivity contribution < 1.29 is 14.6 Å². The summed E-state index contributed by atoms with van der Waals surface area (Å²) in [5.41, 5.74) is 0.930. The minimum atomic E-state index is -0.818. The number of carbonyl (C=O) groups is 1. The first-order chi connectivity index (χ1) is 11.0. The smallest absolute Gasteiger partial charge is 0.230 e.